The fraction of sp³-hybridized carbons (Fsp3) is 0.188. The first-order chi connectivity index (χ1) is 11.5. The molecular weight excluding hydrogens is 334 g/mol. The van der Waals surface area contributed by atoms with Crippen LogP contribution in [0.25, 0.3) is 6.08 Å². The molecule has 0 radical (unpaired) electrons. The minimum Gasteiger partial charge on any atom is -0.493 e. The van der Waals surface area contributed by atoms with Gasteiger partial charge in [-0.25, -0.2) is 0 Å². The molecule has 126 valence electrons. The number of hydrogen-bond acceptors (Lipinski definition) is 7. The second kappa shape index (κ2) is 7.60. The Morgan fingerprint density at radius 3 is 2.21 bits per heavy atom. The van der Waals surface area contributed by atoms with E-state index in [4.69, 9.17) is 14.2 Å². The first kappa shape index (κ1) is 17.5. The number of benzene rings is 1. The van der Waals surface area contributed by atoms with Gasteiger partial charge in [0.15, 0.2) is 17.3 Å². The number of carbonyl (C=O) groups is 1. The summed E-state index contributed by atoms with van der Waals surface area (Å²) in [6.45, 7) is 0. The van der Waals surface area contributed by atoms with Crippen molar-refractivity contribution in [1.82, 2.24) is 0 Å². The van der Waals surface area contributed by atoms with E-state index in [0.717, 1.165) is 11.3 Å². The molecule has 8 heteroatoms. The molecule has 7 nitrogen and oxygen atoms in total. The summed E-state index contributed by atoms with van der Waals surface area (Å²) >= 11 is 1.00. The summed E-state index contributed by atoms with van der Waals surface area (Å²) in [5, 5.41) is 12.3. The lowest BCUT2D eigenvalue weighted by Crippen LogP contribution is -2.00. The predicted molar refractivity (Wildman–Crippen MR) is 90.4 cm³/mol. The molecule has 1 heterocycles. The molecular formula is C16H15NO6S. The Morgan fingerprint density at radius 2 is 1.75 bits per heavy atom. The largest absolute Gasteiger partial charge is 0.493 e. The van der Waals surface area contributed by atoms with Crippen LogP contribution in [-0.4, -0.2) is 32.0 Å². The van der Waals surface area contributed by atoms with E-state index in [-0.39, 0.29) is 10.8 Å². The summed E-state index contributed by atoms with van der Waals surface area (Å²) in [7, 11) is 4.41. The molecule has 1 aromatic carbocycles. The Morgan fingerprint density at radius 1 is 1.12 bits per heavy atom. The number of thiophene rings is 1. The molecule has 0 unspecified atom stereocenters. The van der Waals surface area contributed by atoms with Gasteiger partial charge < -0.3 is 14.2 Å². The first-order valence-electron chi connectivity index (χ1n) is 6.75. The molecule has 24 heavy (non-hydrogen) atoms. The van der Waals surface area contributed by atoms with E-state index in [1.807, 2.05) is 0 Å². The molecule has 0 aliphatic carbocycles. The van der Waals surface area contributed by atoms with Crippen LogP contribution in [0.3, 0.4) is 0 Å². The van der Waals surface area contributed by atoms with E-state index < -0.39 is 4.92 Å². The van der Waals surface area contributed by atoms with Crippen LogP contribution in [0.4, 0.5) is 5.00 Å². The number of methoxy groups -OCH3 is 3. The van der Waals surface area contributed by atoms with Crippen molar-refractivity contribution in [1.29, 1.82) is 0 Å². The van der Waals surface area contributed by atoms with Crippen molar-refractivity contribution in [2.45, 2.75) is 0 Å². The fourth-order valence-corrected chi connectivity index (χ4v) is 2.71. The zero-order valence-electron chi connectivity index (χ0n) is 13.3. The number of allylic oxidation sites excluding steroid dienone is 1. The van der Waals surface area contributed by atoms with Crippen LogP contribution < -0.4 is 14.2 Å². The minimum absolute atomic E-state index is 0.0230. The number of rotatable bonds is 7. The predicted octanol–water partition coefficient (Wildman–Crippen LogP) is 3.58. The van der Waals surface area contributed by atoms with Gasteiger partial charge in [-0.1, -0.05) is 11.3 Å². The molecule has 0 amide bonds. The SMILES string of the molecule is COc1cc(C(=O)/C=C/c2csc([N+](=O)[O-])c2)cc(OC)c1OC. The summed E-state index contributed by atoms with van der Waals surface area (Å²) < 4.78 is 15.6. The molecule has 2 aromatic rings. The Bertz CT molecular complexity index is 771. The van der Waals surface area contributed by atoms with Crippen molar-refractivity contribution in [2.24, 2.45) is 0 Å². The maximum Gasteiger partial charge on any atom is 0.324 e. The molecule has 0 atom stereocenters. The number of hydrogen-bond donors (Lipinski definition) is 0. The summed E-state index contributed by atoms with van der Waals surface area (Å²) in [4.78, 5) is 22.5. The third kappa shape index (κ3) is 3.72. The summed E-state index contributed by atoms with van der Waals surface area (Å²) in [5.74, 6) is 0.858. The number of ether oxygens (including phenoxy) is 3. The van der Waals surface area contributed by atoms with E-state index in [2.05, 4.69) is 0 Å². The molecule has 0 spiro atoms. The summed E-state index contributed by atoms with van der Waals surface area (Å²) in [5.41, 5.74) is 0.943. The molecule has 0 bridgehead atoms. The van der Waals surface area contributed by atoms with Gasteiger partial charge >= 0.3 is 5.00 Å². The third-order valence-electron chi connectivity index (χ3n) is 3.16. The van der Waals surface area contributed by atoms with Crippen LogP contribution in [0.5, 0.6) is 17.2 Å². The van der Waals surface area contributed by atoms with E-state index in [1.54, 1.807) is 17.5 Å². The van der Waals surface area contributed by atoms with E-state index >= 15 is 0 Å². The second-order valence-corrected chi connectivity index (χ2v) is 5.48. The van der Waals surface area contributed by atoms with Gasteiger partial charge in [0, 0.05) is 17.0 Å². The van der Waals surface area contributed by atoms with Gasteiger partial charge in [0.05, 0.1) is 26.3 Å². The van der Waals surface area contributed by atoms with Crippen LogP contribution in [0, 0.1) is 10.1 Å². The van der Waals surface area contributed by atoms with E-state index in [0.29, 0.717) is 28.4 Å². The first-order valence-corrected chi connectivity index (χ1v) is 7.63. The monoisotopic (exact) mass is 349 g/mol. The quantitative estimate of drug-likeness (QED) is 0.329. The Hall–Kier alpha value is -2.87. The van der Waals surface area contributed by atoms with Gasteiger partial charge in [-0.15, -0.1) is 0 Å². The zero-order chi connectivity index (χ0) is 17.7. The molecule has 0 aliphatic heterocycles. The van der Waals surface area contributed by atoms with Gasteiger partial charge in [-0.2, -0.15) is 0 Å². The lowest BCUT2D eigenvalue weighted by molar-refractivity contribution is -0.380. The molecule has 0 saturated carbocycles. The lowest BCUT2D eigenvalue weighted by atomic mass is 10.1. The highest BCUT2D eigenvalue weighted by Gasteiger charge is 2.16. The minimum atomic E-state index is -0.469. The van der Waals surface area contributed by atoms with Crippen LogP contribution in [-0.2, 0) is 0 Å². The Labute approximate surface area is 142 Å². The molecule has 0 aliphatic rings. The summed E-state index contributed by atoms with van der Waals surface area (Å²) in [6.07, 6.45) is 2.86. The van der Waals surface area contributed by atoms with E-state index in [9.17, 15) is 14.9 Å². The Kier molecular flexibility index (Phi) is 5.54. The van der Waals surface area contributed by atoms with Crippen molar-refractivity contribution in [3.63, 3.8) is 0 Å². The van der Waals surface area contributed by atoms with Crippen LogP contribution in [0.1, 0.15) is 15.9 Å². The van der Waals surface area contributed by atoms with Crippen LogP contribution >= 0.6 is 11.3 Å². The lowest BCUT2D eigenvalue weighted by Gasteiger charge is -2.13. The number of ketones is 1. The Balaban J connectivity index is 2.28. The molecule has 0 saturated heterocycles. The molecule has 0 N–H and O–H groups in total. The average Bonchev–Trinajstić information content (AvgIpc) is 3.07. The molecule has 2 rings (SSSR count). The number of nitro groups is 1. The average molecular weight is 349 g/mol. The van der Waals surface area contributed by atoms with Crippen molar-refractivity contribution >= 4 is 28.2 Å². The maximum absolute atomic E-state index is 12.3. The topological polar surface area (TPSA) is 87.9 Å². The highest BCUT2D eigenvalue weighted by molar-refractivity contribution is 7.13. The van der Waals surface area contributed by atoms with Crippen LogP contribution in [0.2, 0.25) is 0 Å². The molecule has 1 aromatic heterocycles. The number of nitrogens with zero attached hydrogens (tertiary/aromatic N) is 1. The maximum atomic E-state index is 12.3. The van der Waals surface area contributed by atoms with Crippen molar-refractivity contribution in [3.8, 4) is 17.2 Å². The molecule has 0 fully saturated rings. The standard InChI is InChI=1S/C16H15NO6S/c1-21-13-7-11(8-14(22-2)16(13)23-3)12(18)5-4-10-6-15(17(19)20)24-9-10/h4-9H,1-3H3/b5-4+. The van der Waals surface area contributed by atoms with Gasteiger partial charge in [0.1, 0.15) is 0 Å². The fourth-order valence-electron chi connectivity index (χ4n) is 2.01. The second-order valence-electron chi connectivity index (χ2n) is 4.59. The normalized spacial score (nSPS) is 10.6. The highest BCUT2D eigenvalue weighted by Crippen LogP contribution is 2.38. The zero-order valence-corrected chi connectivity index (χ0v) is 14.1. The number of carbonyl (C=O) groups excluding carboxylic acids is 1. The van der Waals surface area contributed by atoms with Crippen molar-refractivity contribution in [2.75, 3.05) is 21.3 Å². The van der Waals surface area contributed by atoms with Gasteiger partial charge in [-0.05, 0) is 29.8 Å². The van der Waals surface area contributed by atoms with Gasteiger partial charge in [0.25, 0.3) is 0 Å². The van der Waals surface area contributed by atoms with Gasteiger partial charge in [0.2, 0.25) is 5.75 Å². The van der Waals surface area contributed by atoms with Crippen molar-refractivity contribution in [3.05, 3.63) is 50.9 Å². The van der Waals surface area contributed by atoms with Crippen LogP contribution in [0.15, 0.2) is 29.7 Å². The highest BCUT2D eigenvalue weighted by atomic mass is 32.1. The smallest absolute Gasteiger partial charge is 0.324 e. The van der Waals surface area contributed by atoms with E-state index in [1.165, 1.54) is 39.5 Å². The third-order valence-corrected chi connectivity index (χ3v) is 4.06. The van der Waals surface area contributed by atoms with Crippen molar-refractivity contribution < 1.29 is 23.9 Å². The summed E-state index contributed by atoms with van der Waals surface area (Å²) in [6, 6.07) is 4.50. The van der Waals surface area contributed by atoms with Gasteiger partial charge in [-0.3, -0.25) is 14.9 Å².